The van der Waals surface area contributed by atoms with Gasteiger partial charge in [0, 0.05) is 26.3 Å². The van der Waals surface area contributed by atoms with Crippen molar-refractivity contribution in [2.45, 2.75) is 13.0 Å². The van der Waals surface area contributed by atoms with Crippen LogP contribution in [0.3, 0.4) is 0 Å². The molecule has 0 aliphatic heterocycles. The van der Waals surface area contributed by atoms with Gasteiger partial charge in [-0.15, -0.1) is 5.10 Å². The van der Waals surface area contributed by atoms with E-state index in [1.165, 1.54) is 0 Å². The Morgan fingerprint density at radius 1 is 1.62 bits per heavy atom. The molecule has 1 aromatic heterocycles. The van der Waals surface area contributed by atoms with E-state index in [9.17, 15) is 4.79 Å². The highest BCUT2D eigenvalue weighted by molar-refractivity contribution is 5.73. The first-order chi connectivity index (χ1) is 6.33. The molecule has 0 aliphatic carbocycles. The van der Waals surface area contributed by atoms with Crippen molar-refractivity contribution in [2.75, 3.05) is 13.6 Å². The molecule has 0 saturated carbocycles. The Labute approximate surface area is 76.3 Å². The van der Waals surface area contributed by atoms with Crippen LogP contribution in [0, 0.1) is 0 Å². The summed E-state index contributed by atoms with van der Waals surface area (Å²) in [5, 5.41) is 12.6. The monoisotopic (exact) mass is 183 g/mol. The lowest BCUT2D eigenvalue weighted by Crippen LogP contribution is -2.33. The van der Waals surface area contributed by atoms with E-state index in [1.807, 2.05) is 0 Å². The van der Waals surface area contributed by atoms with Crippen LogP contribution in [0.5, 0.6) is 0 Å². The van der Waals surface area contributed by atoms with Crippen LogP contribution in [-0.2, 0) is 6.54 Å². The van der Waals surface area contributed by atoms with Crippen molar-refractivity contribution < 1.29 is 4.79 Å². The van der Waals surface area contributed by atoms with Crippen LogP contribution in [0.15, 0.2) is 12.4 Å². The molecule has 13 heavy (non-hydrogen) atoms. The Kier molecular flexibility index (Phi) is 3.74. The number of amides is 2. The average Bonchev–Trinajstić information content (AvgIpc) is 2.64. The maximum absolute atomic E-state index is 10.7. The van der Waals surface area contributed by atoms with Crippen LogP contribution in [0.4, 0.5) is 4.79 Å². The van der Waals surface area contributed by atoms with Crippen LogP contribution in [0.2, 0.25) is 0 Å². The summed E-state index contributed by atoms with van der Waals surface area (Å²) in [4.78, 5) is 10.7. The van der Waals surface area contributed by atoms with Gasteiger partial charge in [0.2, 0.25) is 0 Å². The number of rotatable bonds is 4. The highest BCUT2D eigenvalue weighted by Gasteiger charge is 1.95. The molecule has 6 heteroatoms. The summed E-state index contributed by atoms with van der Waals surface area (Å²) < 4.78 is 1.73. The zero-order valence-corrected chi connectivity index (χ0v) is 7.53. The summed E-state index contributed by atoms with van der Waals surface area (Å²) in [6.45, 7) is 1.41. The van der Waals surface area contributed by atoms with Gasteiger partial charge < -0.3 is 10.6 Å². The van der Waals surface area contributed by atoms with Gasteiger partial charge in [-0.05, 0) is 6.42 Å². The fourth-order valence-corrected chi connectivity index (χ4v) is 0.883. The van der Waals surface area contributed by atoms with Crippen molar-refractivity contribution in [1.29, 1.82) is 0 Å². The van der Waals surface area contributed by atoms with E-state index in [-0.39, 0.29) is 6.03 Å². The van der Waals surface area contributed by atoms with Crippen molar-refractivity contribution in [3.8, 4) is 0 Å². The molecule has 0 aliphatic rings. The Morgan fingerprint density at radius 2 is 2.46 bits per heavy atom. The van der Waals surface area contributed by atoms with Gasteiger partial charge in [-0.25, -0.2) is 4.79 Å². The first-order valence-corrected chi connectivity index (χ1v) is 4.12. The maximum atomic E-state index is 10.7. The maximum Gasteiger partial charge on any atom is 0.314 e. The largest absolute Gasteiger partial charge is 0.341 e. The third-order valence-corrected chi connectivity index (χ3v) is 1.55. The zero-order chi connectivity index (χ0) is 9.52. The molecule has 0 atom stereocenters. The van der Waals surface area contributed by atoms with Crippen LogP contribution in [-0.4, -0.2) is 34.6 Å². The molecule has 1 rings (SSSR count). The Morgan fingerprint density at radius 3 is 3.08 bits per heavy atom. The Balaban J connectivity index is 2.05. The van der Waals surface area contributed by atoms with Crippen molar-refractivity contribution in [3.63, 3.8) is 0 Å². The molecule has 1 heterocycles. The van der Waals surface area contributed by atoms with E-state index < -0.39 is 0 Å². The third kappa shape index (κ3) is 3.55. The molecule has 0 fully saturated rings. The molecule has 0 radical (unpaired) electrons. The van der Waals surface area contributed by atoms with Crippen LogP contribution in [0.1, 0.15) is 6.42 Å². The first kappa shape index (κ1) is 9.50. The molecular formula is C7H13N5O. The molecule has 1 aromatic rings. The second-order valence-electron chi connectivity index (χ2n) is 2.53. The number of hydrogen-bond donors (Lipinski definition) is 2. The normalized spacial score (nSPS) is 9.62. The quantitative estimate of drug-likeness (QED) is 0.624. The minimum absolute atomic E-state index is 0.154. The van der Waals surface area contributed by atoms with Crippen molar-refractivity contribution >= 4 is 6.03 Å². The van der Waals surface area contributed by atoms with Gasteiger partial charge >= 0.3 is 6.03 Å². The third-order valence-electron chi connectivity index (χ3n) is 1.55. The molecule has 0 unspecified atom stereocenters. The van der Waals surface area contributed by atoms with Gasteiger partial charge in [0.05, 0.1) is 6.20 Å². The fourth-order valence-electron chi connectivity index (χ4n) is 0.883. The van der Waals surface area contributed by atoms with Crippen LogP contribution < -0.4 is 10.6 Å². The summed E-state index contributed by atoms with van der Waals surface area (Å²) in [5.41, 5.74) is 0. The minimum Gasteiger partial charge on any atom is -0.341 e. The standard InChI is InChI=1S/C7H13N5O/c1-8-7(13)9-3-2-5-12-6-4-10-11-12/h4,6H,2-3,5H2,1H3,(H2,8,9,13). The molecule has 0 aromatic carbocycles. The molecule has 6 nitrogen and oxygen atoms in total. The predicted molar refractivity (Wildman–Crippen MR) is 47.1 cm³/mol. The van der Waals surface area contributed by atoms with E-state index in [4.69, 9.17) is 0 Å². The Hall–Kier alpha value is -1.59. The van der Waals surface area contributed by atoms with Gasteiger partial charge in [0.1, 0.15) is 0 Å². The van der Waals surface area contributed by atoms with Crippen molar-refractivity contribution in [1.82, 2.24) is 25.6 Å². The number of urea groups is 1. The van der Waals surface area contributed by atoms with E-state index >= 15 is 0 Å². The summed E-state index contributed by atoms with van der Waals surface area (Å²) in [6.07, 6.45) is 4.27. The van der Waals surface area contributed by atoms with Gasteiger partial charge in [-0.1, -0.05) is 5.21 Å². The minimum atomic E-state index is -0.154. The summed E-state index contributed by atoms with van der Waals surface area (Å²) in [6, 6.07) is -0.154. The molecule has 0 saturated heterocycles. The molecule has 2 N–H and O–H groups in total. The van der Waals surface area contributed by atoms with Crippen LogP contribution in [0.25, 0.3) is 0 Å². The summed E-state index contributed by atoms with van der Waals surface area (Å²) >= 11 is 0. The Bertz CT molecular complexity index is 245. The predicted octanol–water partition coefficient (Wildman–Crippen LogP) is -0.403. The highest BCUT2D eigenvalue weighted by Crippen LogP contribution is 1.85. The number of carbonyl (C=O) groups is 1. The zero-order valence-electron chi connectivity index (χ0n) is 7.53. The lowest BCUT2D eigenvalue weighted by Gasteiger charge is -2.03. The van der Waals surface area contributed by atoms with Gasteiger partial charge in [0.15, 0.2) is 0 Å². The van der Waals surface area contributed by atoms with Crippen LogP contribution >= 0.6 is 0 Å². The molecule has 72 valence electrons. The van der Waals surface area contributed by atoms with E-state index in [1.54, 1.807) is 24.1 Å². The average molecular weight is 183 g/mol. The fraction of sp³-hybridized carbons (Fsp3) is 0.571. The van der Waals surface area contributed by atoms with Crippen molar-refractivity contribution in [2.24, 2.45) is 0 Å². The number of hydrogen-bond acceptors (Lipinski definition) is 3. The lowest BCUT2D eigenvalue weighted by atomic mass is 10.4. The SMILES string of the molecule is CNC(=O)NCCCn1ccnn1. The van der Waals surface area contributed by atoms with Gasteiger partial charge in [-0.2, -0.15) is 0 Å². The topological polar surface area (TPSA) is 71.8 Å². The summed E-state index contributed by atoms with van der Waals surface area (Å²) in [5.74, 6) is 0. The number of carbonyl (C=O) groups excluding carboxylic acids is 1. The first-order valence-electron chi connectivity index (χ1n) is 4.12. The molecule has 0 spiro atoms. The number of aromatic nitrogens is 3. The van der Waals surface area contributed by atoms with E-state index in [0.29, 0.717) is 6.54 Å². The molecule has 2 amide bonds. The van der Waals surface area contributed by atoms with E-state index in [2.05, 4.69) is 20.9 Å². The number of nitrogens with one attached hydrogen (secondary N) is 2. The smallest absolute Gasteiger partial charge is 0.314 e. The lowest BCUT2D eigenvalue weighted by molar-refractivity contribution is 0.242. The number of aryl methyl sites for hydroxylation is 1. The van der Waals surface area contributed by atoms with E-state index in [0.717, 1.165) is 13.0 Å². The summed E-state index contributed by atoms with van der Waals surface area (Å²) in [7, 11) is 1.59. The molecular weight excluding hydrogens is 170 g/mol. The van der Waals surface area contributed by atoms with Gasteiger partial charge in [0.25, 0.3) is 0 Å². The van der Waals surface area contributed by atoms with Crippen molar-refractivity contribution in [3.05, 3.63) is 12.4 Å². The number of nitrogens with zero attached hydrogens (tertiary/aromatic N) is 3. The second-order valence-corrected chi connectivity index (χ2v) is 2.53. The highest BCUT2D eigenvalue weighted by atomic mass is 16.2. The van der Waals surface area contributed by atoms with Gasteiger partial charge in [-0.3, -0.25) is 4.68 Å². The second kappa shape index (κ2) is 5.13. The molecule has 0 bridgehead atoms.